The molecule has 3 amide bonds. The molecule has 1 aliphatic rings. The summed E-state index contributed by atoms with van der Waals surface area (Å²) in [7, 11) is 0. The fourth-order valence-corrected chi connectivity index (χ4v) is 3.05. The van der Waals surface area contributed by atoms with E-state index in [4.69, 9.17) is 9.47 Å². The van der Waals surface area contributed by atoms with Crippen molar-refractivity contribution < 1.29 is 32.6 Å². The Morgan fingerprint density at radius 1 is 1.16 bits per heavy atom. The first-order valence-electron chi connectivity index (χ1n) is 10.2. The highest BCUT2D eigenvalue weighted by Gasteiger charge is 2.28. The van der Waals surface area contributed by atoms with Gasteiger partial charge in [0.1, 0.15) is 11.4 Å². The zero-order chi connectivity index (χ0) is 23.0. The average molecular weight is 441 g/mol. The van der Waals surface area contributed by atoms with Gasteiger partial charge in [-0.2, -0.15) is 0 Å². The molecule has 1 atom stereocenters. The van der Waals surface area contributed by atoms with Crippen LogP contribution in [0.3, 0.4) is 0 Å². The van der Waals surface area contributed by atoms with Gasteiger partial charge < -0.3 is 25.0 Å². The smallest absolute Gasteiger partial charge is 0.407 e. The molecule has 0 radical (unpaired) electrons. The van der Waals surface area contributed by atoms with Crippen molar-refractivity contribution in [2.24, 2.45) is 5.92 Å². The van der Waals surface area contributed by atoms with Gasteiger partial charge in [0, 0.05) is 32.2 Å². The van der Waals surface area contributed by atoms with Crippen LogP contribution in [0.15, 0.2) is 18.2 Å². The highest BCUT2D eigenvalue weighted by Crippen LogP contribution is 2.19. The van der Waals surface area contributed by atoms with Gasteiger partial charge >= 0.3 is 6.09 Å². The Hall–Kier alpha value is -2.91. The second kappa shape index (κ2) is 10.9. The number of nitrogens with zero attached hydrogens (tertiary/aromatic N) is 1. The van der Waals surface area contributed by atoms with Crippen molar-refractivity contribution >= 4 is 17.9 Å². The predicted octanol–water partition coefficient (Wildman–Crippen LogP) is 2.22. The number of amides is 3. The van der Waals surface area contributed by atoms with Gasteiger partial charge in [0.2, 0.25) is 5.91 Å². The zero-order valence-electron chi connectivity index (χ0n) is 18.0. The van der Waals surface area contributed by atoms with Crippen LogP contribution in [0, 0.1) is 17.6 Å². The Labute approximate surface area is 180 Å². The number of benzene rings is 1. The highest BCUT2D eigenvalue weighted by atomic mass is 19.1. The molecule has 1 saturated heterocycles. The van der Waals surface area contributed by atoms with Gasteiger partial charge in [-0.25, -0.2) is 13.6 Å². The van der Waals surface area contributed by atoms with Gasteiger partial charge in [0.15, 0.2) is 18.2 Å². The van der Waals surface area contributed by atoms with E-state index in [0.29, 0.717) is 25.5 Å². The number of carbonyl (C=O) groups is 3. The normalized spacial score (nSPS) is 16.4. The molecular weight excluding hydrogens is 412 g/mol. The van der Waals surface area contributed by atoms with Crippen LogP contribution in [0.1, 0.15) is 33.6 Å². The van der Waals surface area contributed by atoms with Crippen LogP contribution in [0.25, 0.3) is 0 Å². The van der Waals surface area contributed by atoms with E-state index in [9.17, 15) is 23.2 Å². The van der Waals surface area contributed by atoms with Gasteiger partial charge in [-0.1, -0.05) is 0 Å². The topological polar surface area (TPSA) is 97.0 Å². The maximum atomic E-state index is 13.6. The molecule has 0 bridgehead atoms. The number of rotatable bonds is 7. The van der Waals surface area contributed by atoms with Crippen LogP contribution in [0.2, 0.25) is 0 Å². The lowest BCUT2D eigenvalue weighted by atomic mass is 9.97. The largest absolute Gasteiger partial charge is 0.481 e. The molecule has 0 aromatic heterocycles. The standard InChI is InChI=1S/C21H29F2N3O5/c1-21(2,3)31-20(29)25-9-8-24-19(28)14-5-4-10-26(12-14)18(27)13-30-17-7-6-15(22)11-16(17)23/h6-7,11,14H,4-5,8-10,12-13H2,1-3H3,(H,24,28)(H,25,29). The minimum atomic E-state index is -0.885. The summed E-state index contributed by atoms with van der Waals surface area (Å²) in [5.41, 5.74) is -0.600. The van der Waals surface area contributed by atoms with E-state index in [1.807, 2.05) is 0 Å². The highest BCUT2D eigenvalue weighted by molar-refractivity contribution is 5.82. The van der Waals surface area contributed by atoms with E-state index in [-0.39, 0.29) is 43.1 Å². The first kappa shape index (κ1) is 24.4. The first-order valence-corrected chi connectivity index (χ1v) is 10.2. The zero-order valence-corrected chi connectivity index (χ0v) is 18.0. The lowest BCUT2D eigenvalue weighted by Gasteiger charge is -2.32. The molecular formula is C21H29F2N3O5. The Morgan fingerprint density at radius 2 is 1.87 bits per heavy atom. The molecule has 10 heteroatoms. The van der Waals surface area contributed by atoms with Crippen LogP contribution in [0.4, 0.5) is 13.6 Å². The molecule has 8 nitrogen and oxygen atoms in total. The van der Waals surface area contributed by atoms with Gasteiger partial charge in [0.05, 0.1) is 5.92 Å². The van der Waals surface area contributed by atoms with Gasteiger partial charge in [-0.15, -0.1) is 0 Å². The lowest BCUT2D eigenvalue weighted by molar-refractivity contribution is -0.137. The number of likely N-dealkylation sites (tertiary alicyclic amines) is 1. The molecule has 1 aromatic carbocycles. The minimum Gasteiger partial charge on any atom is -0.481 e. The van der Waals surface area contributed by atoms with Gasteiger partial charge in [0.25, 0.3) is 5.91 Å². The number of carbonyl (C=O) groups excluding carboxylic acids is 3. The third-order valence-electron chi connectivity index (χ3n) is 4.48. The summed E-state index contributed by atoms with van der Waals surface area (Å²) < 4.78 is 36.8. The van der Waals surface area contributed by atoms with E-state index >= 15 is 0 Å². The fourth-order valence-electron chi connectivity index (χ4n) is 3.05. The van der Waals surface area contributed by atoms with Crippen molar-refractivity contribution in [1.82, 2.24) is 15.5 Å². The van der Waals surface area contributed by atoms with Crippen LogP contribution in [-0.4, -0.2) is 61.2 Å². The van der Waals surface area contributed by atoms with Crippen LogP contribution in [0.5, 0.6) is 5.75 Å². The minimum absolute atomic E-state index is 0.210. The molecule has 0 saturated carbocycles. The monoisotopic (exact) mass is 441 g/mol. The summed E-state index contributed by atoms with van der Waals surface area (Å²) in [6.07, 6.45) is 0.710. The summed E-state index contributed by atoms with van der Waals surface area (Å²) in [5.74, 6) is -2.81. The first-order chi connectivity index (χ1) is 14.5. The molecule has 2 N–H and O–H groups in total. The van der Waals surface area contributed by atoms with Crippen molar-refractivity contribution in [2.45, 2.75) is 39.2 Å². The van der Waals surface area contributed by atoms with E-state index in [1.54, 1.807) is 20.8 Å². The Kier molecular flexibility index (Phi) is 8.58. The summed E-state index contributed by atoms with van der Waals surface area (Å²) in [4.78, 5) is 37.8. The number of nitrogens with one attached hydrogen (secondary N) is 2. The third kappa shape index (κ3) is 8.39. The number of ether oxygens (including phenoxy) is 2. The molecule has 31 heavy (non-hydrogen) atoms. The van der Waals surface area contributed by atoms with E-state index in [1.165, 1.54) is 4.90 Å². The molecule has 0 aliphatic carbocycles. The van der Waals surface area contributed by atoms with Crippen LogP contribution < -0.4 is 15.4 Å². The molecule has 0 spiro atoms. The Bertz CT molecular complexity index is 798. The van der Waals surface area contributed by atoms with Crippen LogP contribution in [-0.2, 0) is 14.3 Å². The van der Waals surface area contributed by atoms with Crippen LogP contribution >= 0.6 is 0 Å². The van der Waals surface area contributed by atoms with E-state index in [0.717, 1.165) is 12.1 Å². The average Bonchev–Trinajstić information content (AvgIpc) is 2.69. The van der Waals surface area contributed by atoms with Crippen molar-refractivity contribution in [3.05, 3.63) is 29.8 Å². The van der Waals surface area contributed by atoms with E-state index < -0.39 is 29.9 Å². The predicted molar refractivity (Wildman–Crippen MR) is 108 cm³/mol. The fraction of sp³-hybridized carbons (Fsp3) is 0.571. The lowest BCUT2D eigenvalue weighted by Crippen LogP contribution is -2.47. The molecule has 1 aliphatic heterocycles. The molecule has 1 aromatic rings. The molecule has 172 valence electrons. The van der Waals surface area contributed by atoms with Crippen molar-refractivity contribution in [3.63, 3.8) is 0 Å². The van der Waals surface area contributed by atoms with Crippen molar-refractivity contribution in [1.29, 1.82) is 0 Å². The number of alkyl carbamates (subject to hydrolysis) is 1. The molecule has 1 unspecified atom stereocenters. The maximum Gasteiger partial charge on any atom is 0.407 e. The summed E-state index contributed by atoms with van der Waals surface area (Å²) in [5, 5.41) is 5.29. The second-order valence-corrected chi connectivity index (χ2v) is 8.26. The van der Waals surface area contributed by atoms with Gasteiger partial charge in [-0.05, 0) is 45.7 Å². The van der Waals surface area contributed by atoms with E-state index in [2.05, 4.69) is 10.6 Å². The second-order valence-electron chi connectivity index (χ2n) is 8.26. The van der Waals surface area contributed by atoms with Gasteiger partial charge in [-0.3, -0.25) is 9.59 Å². The van der Waals surface area contributed by atoms with Crippen molar-refractivity contribution in [3.8, 4) is 5.75 Å². The Balaban J connectivity index is 1.73. The number of hydrogen-bond acceptors (Lipinski definition) is 5. The third-order valence-corrected chi connectivity index (χ3v) is 4.48. The molecule has 2 rings (SSSR count). The maximum absolute atomic E-state index is 13.6. The summed E-state index contributed by atoms with van der Waals surface area (Å²) in [6, 6.07) is 2.84. The summed E-state index contributed by atoms with van der Waals surface area (Å²) >= 11 is 0. The number of hydrogen-bond donors (Lipinski definition) is 2. The summed E-state index contributed by atoms with van der Waals surface area (Å²) in [6.45, 7) is 6.00. The SMILES string of the molecule is CC(C)(C)OC(=O)NCCNC(=O)C1CCCN(C(=O)COc2ccc(F)cc2F)C1. The number of piperidine rings is 1. The molecule has 1 fully saturated rings. The quantitative estimate of drug-likeness (QED) is 0.633. The Morgan fingerprint density at radius 3 is 2.55 bits per heavy atom. The van der Waals surface area contributed by atoms with Crippen molar-refractivity contribution in [2.75, 3.05) is 32.8 Å². The number of halogens is 2. The molecule has 1 heterocycles.